The van der Waals surface area contributed by atoms with Crippen LogP contribution in [-0.2, 0) is 18.9 Å². The number of hydrogen-bond acceptors (Lipinski definition) is 16. The van der Waals surface area contributed by atoms with Gasteiger partial charge < -0.3 is 81.1 Å². The molecule has 2 fully saturated rings. The van der Waals surface area contributed by atoms with Crippen LogP contribution in [0.25, 0.3) is 0 Å². The molecule has 40 heavy (non-hydrogen) atoms. The summed E-state index contributed by atoms with van der Waals surface area (Å²) in [6.45, 7) is 0.796. The Labute approximate surface area is 234 Å². The molecule has 16 nitrogen and oxygen atoms in total. The summed E-state index contributed by atoms with van der Waals surface area (Å²) in [6.07, 6.45) is -9.56. The van der Waals surface area contributed by atoms with E-state index in [1.165, 1.54) is 0 Å². The van der Waals surface area contributed by atoms with Gasteiger partial charge in [0.25, 0.3) is 0 Å². The van der Waals surface area contributed by atoms with Crippen molar-refractivity contribution >= 4 is 0 Å². The Bertz CT molecular complexity index is 642. The molecular formula is C24H50N4O12. The predicted molar refractivity (Wildman–Crippen MR) is 140 cm³/mol. The Morgan fingerprint density at radius 1 is 0.675 bits per heavy atom. The van der Waals surface area contributed by atoms with Gasteiger partial charge in [0.05, 0.1) is 50.7 Å². The van der Waals surface area contributed by atoms with E-state index < -0.39 is 86.7 Å². The summed E-state index contributed by atoms with van der Waals surface area (Å²) in [4.78, 5) is 3.87. The Hall–Kier alpha value is -0.640. The number of rotatable bonds is 17. The quantitative estimate of drug-likeness (QED) is 0.0711. The molecule has 0 radical (unpaired) electrons. The van der Waals surface area contributed by atoms with Crippen molar-refractivity contribution in [3.8, 4) is 0 Å². The van der Waals surface area contributed by atoms with Crippen molar-refractivity contribution in [1.29, 1.82) is 0 Å². The summed E-state index contributed by atoms with van der Waals surface area (Å²) in [5, 5.41) is 78.8. The first-order valence-corrected chi connectivity index (χ1v) is 13.6. The monoisotopic (exact) mass is 586 g/mol. The molecule has 12 atom stereocenters. The minimum absolute atomic E-state index is 0.108. The molecule has 2 saturated heterocycles. The molecule has 0 aromatic rings. The summed E-state index contributed by atoms with van der Waals surface area (Å²) in [6, 6.07) is -2.05. The number of ether oxygens (including phenoxy) is 4. The minimum atomic E-state index is -1.33. The van der Waals surface area contributed by atoms with Crippen LogP contribution in [0.5, 0.6) is 0 Å². The standard InChI is InChI=1S/C24H50N4O12/c1-27(7-13(31)11-37-23-17(25)21(35)19(33)15(9-29)39-23)5-3-4-6-28(2)8-14(32)12-38-24-18(26)22(36)20(34)16(10-30)40-24/h13-24,29-36H,3-12,25-26H2,1-2H3/t13?,14?,15-,16-,17-,18-,19-,20-,21-,22-,23-,24+/m1/s1. The van der Waals surface area contributed by atoms with Gasteiger partial charge in [-0.25, -0.2) is 0 Å². The molecule has 0 saturated carbocycles. The summed E-state index contributed by atoms with van der Waals surface area (Å²) in [7, 11) is 3.71. The van der Waals surface area contributed by atoms with Crippen LogP contribution in [0.1, 0.15) is 12.8 Å². The molecule has 2 heterocycles. The zero-order valence-corrected chi connectivity index (χ0v) is 23.3. The van der Waals surface area contributed by atoms with E-state index in [0.717, 1.165) is 12.8 Å². The lowest BCUT2D eigenvalue weighted by Gasteiger charge is -2.40. The molecular weight excluding hydrogens is 536 g/mol. The molecule has 2 unspecified atom stereocenters. The highest BCUT2D eigenvalue weighted by Crippen LogP contribution is 2.22. The van der Waals surface area contributed by atoms with Gasteiger partial charge in [0.2, 0.25) is 0 Å². The normalized spacial score (nSPS) is 36.8. The van der Waals surface area contributed by atoms with Crippen LogP contribution in [0, 0.1) is 0 Å². The highest BCUT2D eigenvalue weighted by molar-refractivity contribution is 4.92. The van der Waals surface area contributed by atoms with Crippen LogP contribution >= 0.6 is 0 Å². The van der Waals surface area contributed by atoms with Gasteiger partial charge in [-0.3, -0.25) is 0 Å². The van der Waals surface area contributed by atoms with Gasteiger partial charge in [0.1, 0.15) is 36.6 Å². The third-order valence-corrected chi connectivity index (χ3v) is 7.14. The van der Waals surface area contributed by atoms with E-state index in [1.54, 1.807) is 0 Å². The third-order valence-electron chi connectivity index (χ3n) is 7.14. The number of likely N-dealkylation sites (N-methyl/N-ethyl adjacent to an activating group) is 2. The lowest BCUT2D eigenvalue weighted by Crippen LogP contribution is -2.62. The smallest absolute Gasteiger partial charge is 0.175 e. The van der Waals surface area contributed by atoms with Gasteiger partial charge in [-0.15, -0.1) is 0 Å². The molecule has 0 spiro atoms. The number of nitrogens with two attached hydrogens (primary N) is 2. The summed E-state index contributed by atoms with van der Waals surface area (Å²) in [5.74, 6) is 0. The highest BCUT2D eigenvalue weighted by atomic mass is 16.7. The van der Waals surface area contributed by atoms with E-state index >= 15 is 0 Å². The minimum Gasteiger partial charge on any atom is -0.394 e. The van der Waals surface area contributed by atoms with Crippen molar-refractivity contribution in [2.75, 3.05) is 66.7 Å². The van der Waals surface area contributed by atoms with Crippen molar-refractivity contribution in [1.82, 2.24) is 9.80 Å². The van der Waals surface area contributed by atoms with Crippen LogP contribution in [0.2, 0.25) is 0 Å². The fraction of sp³-hybridized carbons (Fsp3) is 1.00. The van der Waals surface area contributed by atoms with Gasteiger partial charge >= 0.3 is 0 Å². The SMILES string of the molecule is CN(CCCCN(C)CC(O)CO[C@H]1O[C@H](CO)[C@@H](O)[C@H](O)[C@H]1N)CC(O)CO[C@@H]1O[C@H](CO)[C@@H](O)[C@H](O)[C@H]1N. The largest absolute Gasteiger partial charge is 0.394 e. The Kier molecular flexibility index (Phi) is 15.5. The molecule has 0 aromatic carbocycles. The van der Waals surface area contributed by atoms with Gasteiger partial charge in [-0.1, -0.05) is 0 Å². The topological polar surface area (TPSA) is 257 Å². The first kappa shape index (κ1) is 35.6. The number of hydrogen-bond donors (Lipinski definition) is 10. The number of aliphatic hydroxyl groups is 8. The van der Waals surface area contributed by atoms with Crippen molar-refractivity contribution in [3.05, 3.63) is 0 Å². The fourth-order valence-electron chi connectivity index (χ4n) is 4.69. The molecule has 12 N–H and O–H groups in total. The summed E-state index contributed by atoms with van der Waals surface area (Å²) >= 11 is 0. The Morgan fingerprint density at radius 2 is 1.02 bits per heavy atom. The maximum atomic E-state index is 10.3. The second kappa shape index (κ2) is 17.5. The number of unbranched alkanes of at least 4 members (excludes halogenated alkanes) is 1. The van der Waals surface area contributed by atoms with Gasteiger partial charge in [0, 0.05) is 13.1 Å². The van der Waals surface area contributed by atoms with Crippen LogP contribution < -0.4 is 11.5 Å². The molecule has 0 aromatic heterocycles. The van der Waals surface area contributed by atoms with E-state index in [2.05, 4.69) is 0 Å². The lowest BCUT2D eigenvalue weighted by molar-refractivity contribution is -0.270. The van der Waals surface area contributed by atoms with Gasteiger partial charge in [-0.05, 0) is 40.0 Å². The van der Waals surface area contributed by atoms with Crippen molar-refractivity contribution < 1.29 is 59.8 Å². The average Bonchev–Trinajstić information content (AvgIpc) is 2.92. The summed E-state index contributed by atoms with van der Waals surface area (Å²) in [5.41, 5.74) is 11.7. The molecule has 0 aliphatic carbocycles. The summed E-state index contributed by atoms with van der Waals surface area (Å²) < 4.78 is 21.7. The molecule has 2 rings (SSSR count). The first-order valence-electron chi connectivity index (χ1n) is 13.6. The maximum absolute atomic E-state index is 10.3. The van der Waals surface area contributed by atoms with E-state index in [-0.39, 0.29) is 13.2 Å². The Balaban J connectivity index is 1.58. The highest BCUT2D eigenvalue weighted by Gasteiger charge is 2.44. The predicted octanol–water partition coefficient (Wildman–Crippen LogP) is -6.08. The maximum Gasteiger partial charge on any atom is 0.175 e. The van der Waals surface area contributed by atoms with Gasteiger partial charge in [0.15, 0.2) is 12.6 Å². The van der Waals surface area contributed by atoms with E-state index in [0.29, 0.717) is 26.2 Å². The molecule has 16 heteroatoms. The second-order valence-electron chi connectivity index (χ2n) is 10.8. The molecule has 2 aliphatic heterocycles. The van der Waals surface area contributed by atoms with Crippen molar-refractivity contribution in [2.24, 2.45) is 11.5 Å². The van der Waals surface area contributed by atoms with Crippen LogP contribution in [-0.4, -0.2) is 191 Å². The van der Waals surface area contributed by atoms with Crippen molar-refractivity contribution in [2.45, 2.75) is 86.3 Å². The van der Waals surface area contributed by atoms with Crippen LogP contribution in [0.15, 0.2) is 0 Å². The fourth-order valence-corrected chi connectivity index (χ4v) is 4.69. The first-order chi connectivity index (χ1) is 18.9. The van der Waals surface area contributed by atoms with E-state index in [9.17, 15) is 40.9 Å². The number of nitrogens with zero attached hydrogens (tertiary/aromatic N) is 2. The lowest BCUT2D eigenvalue weighted by atomic mass is 9.98. The Morgan fingerprint density at radius 3 is 1.35 bits per heavy atom. The average molecular weight is 587 g/mol. The van der Waals surface area contributed by atoms with Crippen LogP contribution in [0.4, 0.5) is 0 Å². The molecule has 238 valence electrons. The zero-order valence-electron chi connectivity index (χ0n) is 23.3. The third kappa shape index (κ3) is 10.6. The van der Waals surface area contributed by atoms with E-state index in [4.69, 9.17) is 30.4 Å². The molecule has 2 aliphatic rings. The van der Waals surface area contributed by atoms with E-state index in [1.807, 2.05) is 23.9 Å². The van der Waals surface area contributed by atoms with Gasteiger partial charge in [-0.2, -0.15) is 0 Å². The second-order valence-corrected chi connectivity index (χ2v) is 10.8. The molecule has 0 amide bonds. The molecule has 0 bridgehead atoms. The van der Waals surface area contributed by atoms with Crippen molar-refractivity contribution in [3.63, 3.8) is 0 Å². The van der Waals surface area contributed by atoms with Crippen LogP contribution in [0.3, 0.4) is 0 Å². The zero-order chi connectivity index (χ0) is 30.0. The number of aliphatic hydroxyl groups excluding tert-OH is 8.